The molecule has 8 rings (SSSR count). The molecule has 0 unspecified atom stereocenters. The number of nitrogens with zero attached hydrogens (tertiary/aromatic N) is 3. The Morgan fingerprint density at radius 2 is 1.70 bits per heavy atom. The molecule has 37 heavy (non-hydrogen) atoms. The molecule has 0 aliphatic heterocycles. The number of hydrogen-bond donors (Lipinski definition) is 4. The van der Waals surface area contributed by atoms with E-state index in [9.17, 15) is 9.59 Å². The smallest absolute Gasteiger partial charge is 0.272 e. The van der Waals surface area contributed by atoms with Gasteiger partial charge in [0.2, 0.25) is 11.7 Å². The van der Waals surface area contributed by atoms with Crippen molar-refractivity contribution < 1.29 is 9.59 Å². The van der Waals surface area contributed by atoms with Crippen LogP contribution in [0, 0.1) is 23.2 Å². The zero-order valence-corrected chi connectivity index (χ0v) is 21.6. The van der Waals surface area contributed by atoms with E-state index >= 15 is 0 Å². The Morgan fingerprint density at radius 3 is 2.41 bits per heavy atom. The summed E-state index contributed by atoms with van der Waals surface area (Å²) >= 11 is 3.45. The second-order valence-corrected chi connectivity index (χ2v) is 11.9. The Labute approximate surface area is 221 Å². The van der Waals surface area contributed by atoms with Crippen LogP contribution in [-0.4, -0.2) is 37.4 Å². The van der Waals surface area contributed by atoms with Crippen molar-refractivity contribution in [2.75, 3.05) is 10.6 Å². The lowest BCUT2D eigenvalue weighted by molar-refractivity contribution is -0.140. The third kappa shape index (κ3) is 3.94. The number of aromatic nitrogens is 5. The van der Waals surface area contributed by atoms with Crippen LogP contribution in [0.5, 0.6) is 0 Å². The number of carbonyl (C=O) groups excluding carboxylic acids is 2. The highest BCUT2D eigenvalue weighted by atomic mass is 79.9. The molecular weight excluding hydrogens is 534 g/mol. The molecule has 4 aromatic rings. The third-order valence-corrected chi connectivity index (χ3v) is 8.98. The largest absolute Gasteiger partial charge is 0.349 e. The van der Waals surface area contributed by atoms with Crippen molar-refractivity contribution in [3.05, 3.63) is 52.6 Å². The predicted octanol–water partition coefficient (Wildman–Crippen LogP) is 5.52. The fourth-order valence-corrected chi connectivity index (χ4v) is 7.66. The van der Waals surface area contributed by atoms with E-state index in [4.69, 9.17) is 0 Å². The molecule has 0 saturated heterocycles. The van der Waals surface area contributed by atoms with E-state index in [1.54, 1.807) is 12.1 Å². The second kappa shape index (κ2) is 8.51. The highest BCUT2D eigenvalue weighted by Crippen LogP contribution is 2.60. The molecule has 2 heterocycles. The molecule has 10 heteroatoms. The van der Waals surface area contributed by atoms with Crippen LogP contribution in [0.1, 0.15) is 49.0 Å². The number of anilines is 2. The average molecular weight is 560 g/mol. The van der Waals surface area contributed by atoms with Crippen LogP contribution in [0.3, 0.4) is 0 Å². The number of carbonyl (C=O) groups is 2. The minimum atomic E-state index is -0.304. The molecule has 4 N–H and O–H groups in total. The number of nitrogens with one attached hydrogen (secondary N) is 4. The van der Waals surface area contributed by atoms with Crippen molar-refractivity contribution in [3.63, 3.8) is 0 Å². The topological polar surface area (TPSA) is 128 Å². The molecule has 188 valence electrons. The Balaban J connectivity index is 1.15. The number of amides is 2. The molecule has 9 nitrogen and oxygen atoms in total. The molecule has 4 saturated carbocycles. The second-order valence-electron chi connectivity index (χ2n) is 11.0. The van der Waals surface area contributed by atoms with Crippen molar-refractivity contribution in [1.82, 2.24) is 25.6 Å². The van der Waals surface area contributed by atoms with Gasteiger partial charge in [0.25, 0.3) is 5.91 Å². The lowest BCUT2D eigenvalue weighted by atomic mass is 9.49. The Kier molecular flexibility index (Phi) is 5.21. The summed E-state index contributed by atoms with van der Waals surface area (Å²) < 4.78 is 0.829. The van der Waals surface area contributed by atoms with E-state index in [0.29, 0.717) is 46.2 Å². The first-order valence-electron chi connectivity index (χ1n) is 12.7. The predicted molar refractivity (Wildman–Crippen MR) is 143 cm³/mol. The van der Waals surface area contributed by atoms with Gasteiger partial charge in [-0.25, -0.2) is 0 Å². The SMILES string of the molecule is O=C(Nc1ccc(Br)cc1-c1nn[nH]n1)c1cc2cccc(NC(=O)C34CC5CC(CC(C5)C3)C4)c2[nH]1. The van der Waals surface area contributed by atoms with Gasteiger partial charge < -0.3 is 15.6 Å². The van der Waals surface area contributed by atoms with Gasteiger partial charge in [0.1, 0.15) is 5.69 Å². The summed E-state index contributed by atoms with van der Waals surface area (Å²) in [5, 5.41) is 21.2. The normalized spacial score (nSPS) is 25.9. The summed E-state index contributed by atoms with van der Waals surface area (Å²) in [6, 6.07) is 13.0. The molecule has 0 radical (unpaired) electrons. The van der Waals surface area contributed by atoms with E-state index in [1.165, 1.54) is 19.3 Å². The van der Waals surface area contributed by atoms with Crippen molar-refractivity contribution in [2.24, 2.45) is 23.2 Å². The molecule has 4 bridgehead atoms. The van der Waals surface area contributed by atoms with Gasteiger partial charge in [-0.1, -0.05) is 28.1 Å². The zero-order valence-electron chi connectivity index (χ0n) is 20.1. The van der Waals surface area contributed by atoms with Crippen LogP contribution in [0.2, 0.25) is 0 Å². The van der Waals surface area contributed by atoms with Gasteiger partial charge in [0.15, 0.2) is 0 Å². The summed E-state index contributed by atoms with van der Waals surface area (Å²) in [6.45, 7) is 0. The monoisotopic (exact) mass is 559 g/mol. The van der Waals surface area contributed by atoms with Crippen LogP contribution < -0.4 is 10.6 Å². The number of tetrazole rings is 1. The summed E-state index contributed by atoms with van der Waals surface area (Å²) in [7, 11) is 0. The van der Waals surface area contributed by atoms with Crippen LogP contribution in [0.15, 0.2) is 46.9 Å². The number of para-hydroxylation sites is 1. The molecule has 4 fully saturated rings. The van der Waals surface area contributed by atoms with Gasteiger partial charge >= 0.3 is 0 Å². The molecular formula is C27H26BrN7O2. The lowest BCUT2D eigenvalue weighted by Crippen LogP contribution is -2.51. The molecule has 2 aromatic carbocycles. The van der Waals surface area contributed by atoms with Crippen molar-refractivity contribution >= 4 is 50.0 Å². The number of halogens is 1. The molecule has 4 aliphatic carbocycles. The Morgan fingerprint density at radius 1 is 0.946 bits per heavy atom. The van der Waals surface area contributed by atoms with Gasteiger partial charge in [0.05, 0.1) is 22.3 Å². The number of H-pyrrole nitrogens is 2. The van der Waals surface area contributed by atoms with Crippen LogP contribution in [0.4, 0.5) is 11.4 Å². The van der Waals surface area contributed by atoms with Crippen molar-refractivity contribution in [1.29, 1.82) is 0 Å². The summed E-state index contributed by atoms with van der Waals surface area (Å²) in [5.74, 6) is 2.31. The fraction of sp³-hybridized carbons (Fsp3) is 0.370. The van der Waals surface area contributed by atoms with Crippen LogP contribution in [0.25, 0.3) is 22.3 Å². The van der Waals surface area contributed by atoms with E-state index in [0.717, 1.165) is 34.6 Å². The Hall–Kier alpha value is -3.53. The standard InChI is InChI=1S/C27H26BrN7O2/c28-18-4-5-20(19(10-18)24-32-34-35-33-24)30-25(36)22-9-17-2-1-3-21(23(17)29-22)31-26(37)27-11-14-6-15(12-27)8-16(7-14)13-27/h1-5,9-10,14-16,29H,6-8,11-13H2,(H,30,36)(H,31,37)(H,32,33,34,35). The molecule has 0 atom stereocenters. The van der Waals surface area contributed by atoms with Gasteiger partial charge in [-0.15, -0.1) is 10.2 Å². The maximum Gasteiger partial charge on any atom is 0.272 e. The first-order chi connectivity index (χ1) is 18.0. The molecule has 2 amide bonds. The van der Waals surface area contributed by atoms with Gasteiger partial charge in [0, 0.05) is 15.4 Å². The molecule has 2 aromatic heterocycles. The summed E-state index contributed by atoms with van der Waals surface area (Å²) in [6.07, 6.45) is 6.91. The van der Waals surface area contributed by atoms with E-state index in [1.807, 2.05) is 30.3 Å². The summed E-state index contributed by atoms with van der Waals surface area (Å²) in [5.41, 5.74) is 2.82. The molecule has 0 spiro atoms. The van der Waals surface area contributed by atoms with E-state index in [-0.39, 0.29) is 17.2 Å². The quantitative estimate of drug-likeness (QED) is 0.256. The van der Waals surface area contributed by atoms with Crippen molar-refractivity contribution in [3.8, 4) is 11.4 Å². The average Bonchev–Trinajstić information content (AvgIpc) is 3.55. The maximum absolute atomic E-state index is 13.6. The third-order valence-electron chi connectivity index (χ3n) is 8.48. The van der Waals surface area contributed by atoms with Gasteiger partial charge in [-0.2, -0.15) is 5.21 Å². The van der Waals surface area contributed by atoms with E-state index < -0.39 is 0 Å². The summed E-state index contributed by atoms with van der Waals surface area (Å²) in [4.78, 5) is 30.1. The number of hydrogen-bond acceptors (Lipinski definition) is 5. The maximum atomic E-state index is 13.6. The number of aromatic amines is 2. The van der Waals surface area contributed by atoms with Crippen LogP contribution >= 0.6 is 15.9 Å². The Bertz CT molecular complexity index is 1490. The number of rotatable bonds is 5. The highest BCUT2D eigenvalue weighted by molar-refractivity contribution is 9.10. The number of fused-ring (bicyclic) bond motifs is 1. The molecule has 4 aliphatic rings. The minimum absolute atomic E-state index is 0.138. The minimum Gasteiger partial charge on any atom is -0.349 e. The van der Waals surface area contributed by atoms with Crippen molar-refractivity contribution in [2.45, 2.75) is 38.5 Å². The lowest BCUT2D eigenvalue weighted by Gasteiger charge is -2.55. The number of benzene rings is 2. The first-order valence-corrected chi connectivity index (χ1v) is 13.5. The van der Waals surface area contributed by atoms with Crippen LogP contribution in [-0.2, 0) is 4.79 Å². The first kappa shape index (κ1) is 22.7. The van der Waals surface area contributed by atoms with Gasteiger partial charge in [-0.05, 0) is 91.8 Å². The fourth-order valence-electron chi connectivity index (χ4n) is 7.30. The van der Waals surface area contributed by atoms with E-state index in [2.05, 4.69) is 52.2 Å². The zero-order chi connectivity index (χ0) is 25.1. The van der Waals surface area contributed by atoms with Gasteiger partial charge in [-0.3, -0.25) is 9.59 Å². The highest BCUT2D eigenvalue weighted by Gasteiger charge is 2.54.